The second kappa shape index (κ2) is 8.23. The van der Waals surface area contributed by atoms with E-state index < -0.39 is 29.9 Å². The number of nitrogens with one attached hydrogen (secondary N) is 1. The van der Waals surface area contributed by atoms with Gasteiger partial charge in [0.05, 0.1) is 40.7 Å². The van der Waals surface area contributed by atoms with Gasteiger partial charge in [-0.1, -0.05) is 23.2 Å². The molecule has 2 bridgehead atoms. The Kier molecular flexibility index (Phi) is 5.63. The fourth-order valence-corrected chi connectivity index (χ4v) is 4.62. The number of halogens is 3. The van der Waals surface area contributed by atoms with Gasteiger partial charge in [-0.2, -0.15) is 5.10 Å². The maximum Gasteiger partial charge on any atom is 0.223 e. The molecular weight excluding hydrogens is 476 g/mol. The van der Waals surface area contributed by atoms with Crippen molar-refractivity contribution in [1.82, 2.24) is 20.2 Å². The van der Waals surface area contributed by atoms with Gasteiger partial charge in [-0.15, -0.1) is 5.10 Å². The number of rotatable bonds is 4. The molecule has 2 saturated heterocycles. The van der Waals surface area contributed by atoms with E-state index in [1.807, 2.05) is 0 Å². The molecule has 0 saturated carbocycles. The molecule has 0 aliphatic carbocycles. The van der Waals surface area contributed by atoms with Crippen LogP contribution in [-0.2, 0) is 15.1 Å². The predicted octanol–water partition coefficient (Wildman–Crippen LogP) is 3.05. The molecule has 3 N–H and O–H groups in total. The fourth-order valence-electron chi connectivity index (χ4n) is 4.00. The molecular formula is C21H20Cl2FN5O4. The summed E-state index contributed by atoms with van der Waals surface area (Å²) in [5.41, 5.74) is -0.700. The van der Waals surface area contributed by atoms with Gasteiger partial charge in [-0.3, -0.25) is 0 Å². The molecule has 4 atom stereocenters. The summed E-state index contributed by atoms with van der Waals surface area (Å²) in [7, 11) is 0. The molecule has 5 rings (SSSR count). The lowest BCUT2D eigenvalue weighted by Gasteiger charge is -2.32. The molecule has 0 spiro atoms. The van der Waals surface area contributed by atoms with Crippen LogP contribution in [0.25, 0.3) is 22.2 Å². The summed E-state index contributed by atoms with van der Waals surface area (Å²) in [6, 6.07) is 2.42. The van der Waals surface area contributed by atoms with Crippen molar-refractivity contribution in [1.29, 1.82) is 0 Å². The van der Waals surface area contributed by atoms with Crippen molar-refractivity contribution in [3.8, 4) is 11.3 Å². The van der Waals surface area contributed by atoms with E-state index >= 15 is 0 Å². The van der Waals surface area contributed by atoms with Gasteiger partial charge in [-0.05, 0) is 32.4 Å². The zero-order chi connectivity index (χ0) is 23.5. The molecule has 174 valence electrons. The Balaban J connectivity index is 1.53. The SMILES string of the molecule is CC(C)(O)c1nnc2c(F)cc(-c3nc(N[C@@H]4C[C@H]5CO[C@H](O5)[C@H]4O)ncc3Cl)cc2c1Cl. The molecule has 1 aromatic carbocycles. The van der Waals surface area contributed by atoms with Crippen LogP contribution in [0, 0.1) is 5.82 Å². The maximum atomic E-state index is 14.9. The Morgan fingerprint density at radius 1 is 1.24 bits per heavy atom. The minimum absolute atomic E-state index is 0.0407. The van der Waals surface area contributed by atoms with Crippen molar-refractivity contribution in [3.63, 3.8) is 0 Å². The van der Waals surface area contributed by atoms with Crippen molar-refractivity contribution >= 4 is 40.1 Å². The smallest absolute Gasteiger partial charge is 0.223 e. The van der Waals surface area contributed by atoms with E-state index in [-0.39, 0.29) is 44.4 Å². The Morgan fingerprint density at radius 2 is 2.03 bits per heavy atom. The van der Waals surface area contributed by atoms with Crippen molar-refractivity contribution in [2.45, 2.75) is 50.4 Å². The van der Waals surface area contributed by atoms with Crippen molar-refractivity contribution in [2.75, 3.05) is 11.9 Å². The molecule has 0 unspecified atom stereocenters. The van der Waals surface area contributed by atoms with Gasteiger partial charge in [-0.25, -0.2) is 14.4 Å². The Bertz CT molecular complexity index is 1240. The summed E-state index contributed by atoms with van der Waals surface area (Å²) in [5, 5.41) is 32.2. The molecule has 3 aromatic rings. The van der Waals surface area contributed by atoms with Crippen LogP contribution < -0.4 is 5.32 Å². The van der Waals surface area contributed by atoms with E-state index in [0.717, 1.165) is 0 Å². The number of aromatic nitrogens is 4. The number of nitrogens with zero attached hydrogens (tertiary/aromatic N) is 4. The number of aliphatic hydroxyl groups excluding tert-OH is 1. The normalized spacial score (nSPS) is 24.9. The Hall–Kier alpha value is -2.21. The minimum Gasteiger partial charge on any atom is -0.386 e. The monoisotopic (exact) mass is 495 g/mol. The van der Waals surface area contributed by atoms with E-state index in [4.69, 9.17) is 32.7 Å². The summed E-state index contributed by atoms with van der Waals surface area (Å²) in [4.78, 5) is 8.64. The van der Waals surface area contributed by atoms with Crippen LogP contribution in [0.1, 0.15) is 26.0 Å². The molecule has 2 aliphatic rings. The van der Waals surface area contributed by atoms with Crippen LogP contribution in [-0.4, -0.2) is 61.5 Å². The first-order valence-corrected chi connectivity index (χ1v) is 11.0. The molecule has 2 aromatic heterocycles. The van der Waals surface area contributed by atoms with E-state index in [1.54, 1.807) is 6.07 Å². The molecule has 2 fully saturated rings. The van der Waals surface area contributed by atoms with E-state index in [2.05, 4.69) is 25.5 Å². The highest BCUT2D eigenvalue weighted by Crippen LogP contribution is 2.36. The number of aliphatic hydroxyl groups is 2. The summed E-state index contributed by atoms with van der Waals surface area (Å²) >= 11 is 12.8. The molecule has 0 amide bonds. The second-order valence-corrected chi connectivity index (χ2v) is 9.39. The first kappa shape index (κ1) is 22.6. The zero-order valence-corrected chi connectivity index (χ0v) is 19.1. The topological polar surface area (TPSA) is 123 Å². The highest BCUT2D eigenvalue weighted by Gasteiger charge is 2.43. The molecule has 33 heavy (non-hydrogen) atoms. The fraction of sp³-hybridized carbons (Fsp3) is 0.429. The average molecular weight is 496 g/mol. The van der Waals surface area contributed by atoms with E-state index in [1.165, 1.54) is 26.1 Å². The van der Waals surface area contributed by atoms with Crippen LogP contribution in [0.2, 0.25) is 10.0 Å². The number of ether oxygens (including phenoxy) is 2. The number of hydrogen-bond acceptors (Lipinski definition) is 9. The lowest BCUT2D eigenvalue weighted by Crippen LogP contribution is -2.48. The van der Waals surface area contributed by atoms with Gasteiger partial charge in [0.2, 0.25) is 5.95 Å². The predicted molar refractivity (Wildman–Crippen MR) is 118 cm³/mol. The van der Waals surface area contributed by atoms with Gasteiger partial charge in [0.25, 0.3) is 0 Å². The molecule has 0 radical (unpaired) electrons. The van der Waals surface area contributed by atoms with Crippen molar-refractivity contribution in [3.05, 3.63) is 39.9 Å². The highest BCUT2D eigenvalue weighted by molar-refractivity contribution is 6.36. The van der Waals surface area contributed by atoms with Crippen LogP contribution >= 0.6 is 23.2 Å². The van der Waals surface area contributed by atoms with Gasteiger partial charge < -0.3 is 25.0 Å². The van der Waals surface area contributed by atoms with Gasteiger partial charge >= 0.3 is 0 Å². The third-order valence-corrected chi connectivity index (χ3v) is 6.31. The van der Waals surface area contributed by atoms with Gasteiger partial charge in [0.1, 0.15) is 22.9 Å². The van der Waals surface area contributed by atoms with Crippen LogP contribution in [0.4, 0.5) is 10.3 Å². The molecule has 4 heterocycles. The summed E-state index contributed by atoms with van der Waals surface area (Å²) in [6.07, 6.45) is 0.181. The van der Waals surface area contributed by atoms with Crippen LogP contribution in [0.3, 0.4) is 0 Å². The number of anilines is 1. The third-order valence-electron chi connectivity index (χ3n) is 5.65. The molecule has 12 heteroatoms. The third kappa shape index (κ3) is 4.11. The summed E-state index contributed by atoms with van der Waals surface area (Å²) < 4.78 is 25.8. The second-order valence-electron chi connectivity index (χ2n) is 8.60. The van der Waals surface area contributed by atoms with E-state index in [0.29, 0.717) is 18.6 Å². The molecule has 9 nitrogen and oxygen atoms in total. The standard InChI is InChI=1S/C21H20Cl2FN5O4/c1-21(2,31)18-14(23)10-3-8(4-12(24)16(10)28-29-18)15-11(22)6-25-20(27-15)26-13-5-9-7-32-19(33-9)17(13)30/h3-4,6,9,13,17,19,30-31H,5,7H2,1-2H3,(H,25,26,27)/t9-,13+,17-,19+/m0/s1. The average Bonchev–Trinajstić information content (AvgIpc) is 3.16. The zero-order valence-electron chi connectivity index (χ0n) is 17.6. The molecule has 2 aliphatic heterocycles. The number of hydrogen-bond donors (Lipinski definition) is 3. The Morgan fingerprint density at radius 3 is 2.79 bits per heavy atom. The van der Waals surface area contributed by atoms with E-state index in [9.17, 15) is 14.6 Å². The van der Waals surface area contributed by atoms with Crippen LogP contribution in [0.5, 0.6) is 0 Å². The Labute approximate surface area is 197 Å². The number of fused-ring (bicyclic) bond motifs is 3. The van der Waals surface area contributed by atoms with Gasteiger partial charge in [0.15, 0.2) is 12.1 Å². The number of benzene rings is 1. The largest absolute Gasteiger partial charge is 0.386 e. The van der Waals surface area contributed by atoms with Crippen molar-refractivity contribution < 1.29 is 24.1 Å². The minimum atomic E-state index is -1.37. The van der Waals surface area contributed by atoms with Crippen molar-refractivity contribution in [2.24, 2.45) is 0 Å². The van der Waals surface area contributed by atoms with Crippen LogP contribution in [0.15, 0.2) is 18.3 Å². The quantitative estimate of drug-likeness (QED) is 0.500. The lowest BCUT2D eigenvalue weighted by molar-refractivity contribution is -0.156. The van der Waals surface area contributed by atoms with Gasteiger partial charge in [0, 0.05) is 10.9 Å². The summed E-state index contributed by atoms with van der Waals surface area (Å²) in [5.74, 6) is -0.464. The first-order valence-electron chi connectivity index (χ1n) is 10.2. The maximum absolute atomic E-state index is 14.9. The first-order chi connectivity index (χ1) is 15.6. The summed E-state index contributed by atoms with van der Waals surface area (Å²) in [6.45, 7) is 3.44. The lowest BCUT2D eigenvalue weighted by atomic mass is 10.0. The highest BCUT2D eigenvalue weighted by atomic mass is 35.5.